The molecule has 0 spiro atoms. The van der Waals surface area contributed by atoms with E-state index in [4.69, 9.17) is 43.6 Å². The van der Waals surface area contributed by atoms with Crippen molar-refractivity contribution in [2.24, 2.45) is 26.2 Å². The Balaban J connectivity index is 0.000000234. The SMILES string of the molecule is Cc1nc(Nc2ncc(C(=O)Nc3c(C)cccc3Cl)s2)cc(N2CCN(CC(=O)N(CCN)CCC3(C)N=N3)CC2)n1.Cc1nc(Nc2ncc(C(=O)Nc3c(C)cccc3Cl)s2)cc(N2CCN(CC(=O)N(CCNC(=O)OC(C)(C)C)CCC3(C)N=N3)CC2)n1.O=C(O)C(F)(F)F. The van der Waals surface area contributed by atoms with Crippen LogP contribution in [0.3, 0.4) is 0 Å². The second kappa shape index (κ2) is 34.0. The molecule has 5 amide bonds. The molecule has 0 saturated carbocycles. The number of anilines is 8. The monoisotopic (exact) mass is 1460 g/mol. The van der Waals surface area contributed by atoms with Gasteiger partial charge in [-0.15, -0.1) is 0 Å². The van der Waals surface area contributed by atoms with Gasteiger partial charge in [-0.1, -0.05) is 70.1 Å². The van der Waals surface area contributed by atoms with Crippen LogP contribution < -0.4 is 42.1 Å². The van der Waals surface area contributed by atoms with E-state index in [1.54, 1.807) is 37.8 Å². The van der Waals surface area contributed by atoms with Crippen LogP contribution in [0.25, 0.3) is 0 Å². The van der Waals surface area contributed by atoms with Crippen molar-refractivity contribution in [1.29, 1.82) is 0 Å². The highest BCUT2D eigenvalue weighted by atomic mass is 35.5. The number of nitrogens with one attached hydrogen (secondary N) is 5. The maximum absolute atomic E-state index is 13.4. The predicted molar refractivity (Wildman–Crippen MR) is 376 cm³/mol. The summed E-state index contributed by atoms with van der Waals surface area (Å²) in [6.07, 6.45) is -1.22. The largest absolute Gasteiger partial charge is 0.490 e. The van der Waals surface area contributed by atoms with E-state index in [0.29, 0.717) is 143 Å². The van der Waals surface area contributed by atoms with E-state index in [-0.39, 0.29) is 42.4 Å². The standard InChI is InChI=1S/C33H44ClN11O4S.C28H36ClN11O2S.C2HF3O2/c1-21-8-7-9-23(34)28(21)40-29(47)24-19-36-30(50-24)39-25-18-26(38-22(2)37-25)44-16-14-43(15-17-44)20-27(46)45(12-10-33(6)41-42-33)13-11-35-31(48)49-32(3,4)5;1-18-5-4-6-20(29)25(18)35-26(42)21-16-31-27(43-21)34-22-15-23(33-19(2)32-22)39-13-11-38(12-14-39)17-24(41)40(10-8-30)9-7-28(3)36-37-28;3-2(4,5)1(6)7/h7-9,18-19H,10-17,20H2,1-6H3,(H,35,48)(H,40,47)(H,36,37,38,39);4-6,15-16H,7-14,17,30H2,1-3H3,(H,35,42)(H,31,32,33,34);(H,6,7). The number of alkyl carbamates (subject to hydrolysis) is 1. The van der Waals surface area contributed by atoms with Crippen molar-refractivity contribution < 1.29 is 51.8 Å². The summed E-state index contributed by atoms with van der Waals surface area (Å²) in [5, 5.41) is 40.3. The first-order valence-electron chi connectivity index (χ1n) is 31.9. The lowest BCUT2D eigenvalue weighted by atomic mass is 10.2. The number of carboxylic acids is 1. The summed E-state index contributed by atoms with van der Waals surface area (Å²) in [7, 11) is 0. The molecular formula is C63H81Cl2F3N22O8S2. The number of piperazine rings is 2. The van der Waals surface area contributed by atoms with E-state index < -0.39 is 29.5 Å². The Hall–Kier alpha value is -8.87. The first kappa shape index (κ1) is 76.9. The number of amides is 5. The number of benzene rings is 2. The molecule has 37 heteroatoms. The molecule has 0 aliphatic carbocycles. The fourth-order valence-electron chi connectivity index (χ4n) is 9.98. The number of aliphatic carboxylic acids is 1. The molecule has 4 aliphatic rings. The number of aromatic nitrogens is 6. The van der Waals surface area contributed by atoms with Crippen LogP contribution in [0.1, 0.15) is 89.6 Å². The molecule has 0 unspecified atom stereocenters. The van der Waals surface area contributed by atoms with Gasteiger partial charge >= 0.3 is 18.2 Å². The lowest BCUT2D eigenvalue weighted by molar-refractivity contribution is -0.192. The molecule has 10 rings (SSSR count). The second-order valence-electron chi connectivity index (χ2n) is 25.0. The molecule has 30 nitrogen and oxygen atoms in total. The molecule has 8 heterocycles. The molecule has 2 fully saturated rings. The van der Waals surface area contributed by atoms with Crippen molar-refractivity contribution in [2.75, 3.05) is 136 Å². The number of alkyl halides is 3. The second-order valence-corrected chi connectivity index (χ2v) is 27.9. The average molecular weight is 1470 g/mol. The molecule has 0 atom stereocenters. The average Bonchev–Trinajstić information content (AvgIpc) is 1.12. The van der Waals surface area contributed by atoms with Gasteiger partial charge in [-0.25, -0.2) is 39.5 Å². The van der Waals surface area contributed by atoms with Crippen LogP contribution in [-0.2, 0) is 19.1 Å². The van der Waals surface area contributed by atoms with Gasteiger partial charge in [0.05, 0.1) is 46.9 Å². The number of para-hydroxylation sites is 2. The summed E-state index contributed by atoms with van der Waals surface area (Å²) in [5.74, 6) is 0.615. The molecule has 100 heavy (non-hydrogen) atoms. The van der Waals surface area contributed by atoms with Gasteiger partial charge < -0.3 is 61.8 Å². The molecule has 538 valence electrons. The predicted octanol–water partition coefficient (Wildman–Crippen LogP) is 9.56. The number of halogens is 5. The van der Waals surface area contributed by atoms with Gasteiger partial charge in [0.25, 0.3) is 11.8 Å². The van der Waals surface area contributed by atoms with E-state index in [9.17, 15) is 37.1 Å². The van der Waals surface area contributed by atoms with E-state index in [1.807, 2.05) is 82.8 Å². The van der Waals surface area contributed by atoms with E-state index >= 15 is 0 Å². The third-order valence-corrected chi connectivity index (χ3v) is 18.1. The van der Waals surface area contributed by atoms with Crippen molar-refractivity contribution in [2.45, 2.75) is 98.3 Å². The lowest BCUT2D eigenvalue weighted by Crippen LogP contribution is -2.51. The zero-order valence-corrected chi connectivity index (χ0v) is 59.9. The van der Waals surface area contributed by atoms with Crippen molar-refractivity contribution >= 4 is 126 Å². The van der Waals surface area contributed by atoms with Gasteiger partial charge in [-0.2, -0.15) is 33.6 Å². The number of hydrogen-bond donors (Lipinski definition) is 7. The summed E-state index contributed by atoms with van der Waals surface area (Å²) >= 11 is 15.0. The number of carbonyl (C=O) groups is 6. The quantitative estimate of drug-likeness (QED) is 0.0280. The van der Waals surface area contributed by atoms with Crippen LogP contribution in [0.5, 0.6) is 0 Å². The minimum atomic E-state index is -5.08. The molecule has 4 aliphatic heterocycles. The number of rotatable bonds is 25. The molecule has 0 radical (unpaired) electrons. The van der Waals surface area contributed by atoms with Crippen molar-refractivity contribution in [3.8, 4) is 0 Å². The van der Waals surface area contributed by atoms with E-state index in [1.165, 1.54) is 35.1 Å². The molecular weight excluding hydrogens is 1380 g/mol. The smallest absolute Gasteiger partial charge is 0.475 e. The van der Waals surface area contributed by atoms with Crippen molar-refractivity contribution in [1.82, 2.24) is 54.8 Å². The Morgan fingerprint density at radius 3 is 1.39 bits per heavy atom. The number of aryl methyl sites for hydroxylation is 4. The van der Waals surface area contributed by atoms with Gasteiger partial charge in [0.15, 0.2) is 21.6 Å². The van der Waals surface area contributed by atoms with Crippen LogP contribution >= 0.6 is 45.9 Å². The molecule has 6 aromatic rings. The van der Waals surface area contributed by atoms with Crippen LogP contribution in [0, 0.1) is 27.7 Å². The zero-order chi connectivity index (χ0) is 72.7. The molecule has 2 saturated heterocycles. The normalized spacial score (nSPS) is 15.3. The molecule has 4 aromatic heterocycles. The Bertz CT molecular complexity index is 3900. The highest BCUT2D eigenvalue weighted by molar-refractivity contribution is 7.18. The Morgan fingerprint density at radius 2 is 1.03 bits per heavy atom. The minimum Gasteiger partial charge on any atom is -0.475 e. The van der Waals surface area contributed by atoms with Crippen LogP contribution in [0.15, 0.2) is 81.4 Å². The van der Waals surface area contributed by atoms with E-state index in [2.05, 4.69) is 96.5 Å². The topological polar surface area (TPSA) is 364 Å². The van der Waals surface area contributed by atoms with E-state index in [0.717, 1.165) is 48.9 Å². The molecule has 8 N–H and O–H groups in total. The van der Waals surface area contributed by atoms with Gasteiger partial charge in [-0.05, 0) is 85.6 Å². The Morgan fingerprint density at radius 1 is 0.630 bits per heavy atom. The number of thiazole rings is 2. The number of hydrogen-bond acceptors (Lipinski definition) is 26. The van der Waals surface area contributed by atoms with Crippen LogP contribution in [0.4, 0.5) is 62.9 Å². The maximum Gasteiger partial charge on any atom is 0.490 e. The number of nitrogens with two attached hydrogens (primary N) is 1. The highest BCUT2D eigenvalue weighted by Gasteiger charge is 2.39. The maximum atomic E-state index is 13.4. The van der Waals surface area contributed by atoms with Gasteiger partial charge in [0, 0.05) is 117 Å². The molecule has 2 aromatic carbocycles. The highest BCUT2D eigenvalue weighted by Crippen LogP contribution is 2.34. The van der Waals surface area contributed by atoms with Crippen LogP contribution in [0.2, 0.25) is 10.0 Å². The minimum absolute atomic E-state index is 0.0171. The summed E-state index contributed by atoms with van der Waals surface area (Å²) in [6.45, 7) is 25.6. The van der Waals surface area contributed by atoms with Crippen molar-refractivity contribution in [3.63, 3.8) is 0 Å². The fourth-order valence-corrected chi connectivity index (χ4v) is 12.0. The summed E-state index contributed by atoms with van der Waals surface area (Å²) in [6, 6.07) is 14.6. The lowest BCUT2D eigenvalue weighted by Gasteiger charge is -2.36. The fraction of sp³-hybridized carbons (Fsp3) is 0.492. The number of carboxylic acid groups (broad SMARTS) is 1. The Kier molecular flexibility index (Phi) is 26.1. The van der Waals surface area contributed by atoms with Gasteiger partial charge in [-0.3, -0.25) is 29.0 Å². The zero-order valence-electron chi connectivity index (χ0n) is 56.7. The summed E-state index contributed by atoms with van der Waals surface area (Å²) in [5.41, 5.74) is 7.29. The number of nitrogens with zero attached hydrogens (tertiary/aromatic N) is 16. The Labute approximate surface area is 593 Å². The van der Waals surface area contributed by atoms with Crippen molar-refractivity contribution in [3.05, 3.63) is 103 Å². The van der Waals surface area contributed by atoms with Crippen LogP contribution in [-0.4, -0.2) is 218 Å². The van der Waals surface area contributed by atoms with Gasteiger partial charge in [0.1, 0.15) is 50.3 Å². The third-order valence-electron chi connectivity index (χ3n) is 15.6. The molecule has 0 bridgehead atoms. The first-order valence-corrected chi connectivity index (χ1v) is 34.3. The number of carbonyl (C=O) groups excluding carboxylic acids is 5. The summed E-state index contributed by atoms with van der Waals surface area (Å²) < 4.78 is 37.1. The summed E-state index contributed by atoms with van der Waals surface area (Å²) in [4.78, 5) is 113. The number of ether oxygens (including phenoxy) is 1. The third kappa shape index (κ3) is 23.6. The first-order chi connectivity index (χ1) is 47.2. The van der Waals surface area contributed by atoms with Gasteiger partial charge in [0.2, 0.25) is 11.8 Å².